The summed E-state index contributed by atoms with van der Waals surface area (Å²) in [7, 11) is -3.80. The number of para-hydroxylation sites is 1. The molecule has 1 unspecified atom stereocenters. The highest BCUT2D eigenvalue weighted by molar-refractivity contribution is 7.92. The molecule has 2 amide bonds. The van der Waals surface area contributed by atoms with Gasteiger partial charge in [-0.15, -0.1) is 0 Å². The molecule has 0 spiro atoms. The highest BCUT2D eigenvalue weighted by atomic mass is 35.5. The quantitative estimate of drug-likeness (QED) is 0.471. The molecule has 8 nitrogen and oxygen atoms in total. The van der Waals surface area contributed by atoms with Crippen LogP contribution in [0.25, 0.3) is 0 Å². The van der Waals surface area contributed by atoms with Gasteiger partial charge < -0.3 is 15.1 Å². The van der Waals surface area contributed by atoms with Gasteiger partial charge in [-0.25, -0.2) is 8.42 Å². The SMILES string of the molecule is CCC(C(=O)Nc1ccccc1C(=O)NCc1ccco1)N(c1ccc(Cl)cc1)S(C)(=O)=O. The molecule has 10 heteroatoms. The first kappa shape index (κ1) is 24.3. The third-order valence-electron chi connectivity index (χ3n) is 4.84. The molecule has 0 saturated carbocycles. The zero-order valence-corrected chi connectivity index (χ0v) is 19.7. The zero-order valence-electron chi connectivity index (χ0n) is 18.1. The van der Waals surface area contributed by atoms with Gasteiger partial charge >= 0.3 is 0 Å². The summed E-state index contributed by atoms with van der Waals surface area (Å²) in [6, 6.07) is 15.1. The van der Waals surface area contributed by atoms with E-state index < -0.39 is 27.9 Å². The summed E-state index contributed by atoms with van der Waals surface area (Å²) in [6.45, 7) is 1.89. The Hall–Kier alpha value is -3.30. The normalized spacial score (nSPS) is 12.1. The van der Waals surface area contributed by atoms with Crippen LogP contribution in [0.5, 0.6) is 0 Å². The second-order valence-electron chi connectivity index (χ2n) is 7.26. The first-order valence-corrected chi connectivity index (χ1v) is 12.4. The number of anilines is 2. The van der Waals surface area contributed by atoms with Crippen molar-refractivity contribution < 1.29 is 22.4 Å². The lowest BCUT2D eigenvalue weighted by molar-refractivity contribution is -0.117. The van der Waals surface area contributed by atoms with Crippen molar-refractivity contribution in [2.45, 2.75) is 25.9 Å². The number of sulfonamides is 1. The molecule has 0 bridgehead atoms. The molecule has 0 aliphatic heterocycles. The summed E-state index contributed by atoms with van der Waals surface area (Å²) < 4.78 is 31.4. The van der Waals surface area contributed by atoms with Gasteiger partial charge in [-0.2, -0.15) is 0 Å². The van der Waals surface area contributed by atoms with Crippen LogP contribution in [-0.4, -0.2) is 32.5 Å². The van der Waals surface area contributed by atoms with Crippen LogP contribution in [0.15, 0.2) is 71.3 Å². The van der Waals surface area contributed by atoms with Crippen molar-refractivity contribution >= 4 is 44.8 Å². The minimum absolute atomic E-state index is 0.185. The second-order valence-corrected chi connectivity index (χ2v) is 9.55. The number of hydrogen-bond donors (Lipinski definition) is 2. The largest absolute Gasteiger partial charge is 0.467 e. The smallest absolute Gasteiger partial charge is 0.253 e. The maximum Gasteiger partial charge on any atom is 0.253 e. The Morgan fingerprint density at radius 3 is 2.36 bits per heavy atom. The molecule has 0 fully saturated rings. The molecular formula is C23H24ClN3O5S. The van der Waals surface area contributed by atoms with Crippen molar-refractivity contribution in [1.29, 1.82) is 0 Å². The summed E-state index contributed by atoms with van der Waals surface area (Å²) >= 11 is 5.93. The molecule has 3 aromatic rings. The predicted molar refractivity (Wildman–Crippen MR) is 128 cm³/mol. The van der Waals surface area contributed by atoms with Crippen molar-refractivity contribution in [3.05, 3.63) is 83.3 Å². The number of furan rings is 1. The first-order valence-electron chi connectivity index (χ1n) is 10.2. The molecule has 1 aromatic heterocycles. The summed E-state index contributed by atoms with van der Waals surface area (Å²) in [5.74, 6) is -0.389. The zero-order chi connectivity index (χ0) is 24.0. The molecular weight excluding hydrogens is 466 g/mol. The van der Waals surface area contributed by atoms with E-state index >= 15 is 0 Å². The van der Waals surface area contributed by atoms with Crippen molar-refractivity contribution in [3.63, 3.8) is 0 Å². The van der Waals surface area contributed by atoms with Crippen LogP contribution in [0, 0.1) is 0 Å². The van der Waals surface area contributed by atoms with E-state index in [1.54, 1.807) is 55.5 Å². The van der Waals surface area contributed by atoms with Gasteiger partial charge in [0.15, 0.2) is 0 Å². The summed E-state index contributed by atoms with van der Waals surface area (Å²) in [4.78, 5) is 25.9. The number of carbonyl (C=O) groups excluding carboxylic acids is 2. The number of carbonyl (C=O) groups is 2. The van der Waals surface area contributed by atoms with Crippen LogP contribution in [0.4, 0.5) is 11.4 Å². The minimum Gasteiger partial charge on any atom is -0.467 e. The average Bonchev–Trinajstić information content (AvgIpc) is 3.30. The van der Waals surface area contributed by atoms with Crippen molar-refractivity contribution in [2.75, 3.05) is 15.9 Å². The second kappa shape index (κ2) is 10.5. The standard InChI is InChI=1S/C23H24ClN3O5S/c1-3-21(27(33(2,30)31)17-12-10-16(24)11-13-17)23(29)26-20-9-5-4-8-19(20)22(28)25-15-18-7-6-14-32-18/h4-14,21H,3,15H2,1-2H3,(H,25,28)(H,26,29). The van der Waals surface area contributed by atoms with Crippen LogP contribution in [-0.2, 0) is 21.4 Å². The number of nitrogens with zero attached hydrogens (tertiary/aromatic N) is 1. The Bertz CT molecular complexity index is 1210. The monoisotopic (exact) mass is 489 g/mol. The molecule has 0 aliphatic rings. The molecule has 0 saturated heterocycles. The molecule has 174 valence electrons. The maximum absolute atomic E-state index is 13.2. The number of nitrogens with one attached hydrogen (secondary N) is 2. The van der Waals surface area contributed by atoms with Crippen molar-refractivity contribution in [3.8, 4) is 0 Å². The predicted octanol–water partition coefficient (Wildman–Crippen LogP) is 4.05. The molecule has 1 atom stereocenters. The molecule has 0 radical (unpaired) electrons. The van der Waals surface area contributed by atoms with Gasteiger partial charge in [0.2, 0.25) is 15.9 Å². The number of amides is 2. The molecule has 3 rings (SSSR count). The lowest BCUT2D eigenvalue weighted by Gasteiger charge is -2.30. The first-order chi connectivity index (χ1) is 15.7. The van der Waals surface area contributed by atoms with E-state index in [9.17, 15) is 18.0 Å². The van der Waals surface area contributed by atoms with Gasteiger partial charge in [0.05, 0.1) is 36.0 Å². The lowest BCUT2D eigenvalue weighted by Crippen LogP contribution is -2.47. The van der Waals surface area contributed by atoms with Crippen LogP contribution >= 0.6 is 11.6 Å². The fourth-order valence-electron chi connectivity index (χ4n) is 3.33. The third kappa shape index (κ3) is 6.15. The van der Waals surface area contributed by atoms with Crippen LogP contribution in [0.3, 0.4) is 0 Å². The van der Waals surface area contributed by atoms with Crippen molar-refractivity contribution in [1.82, 2.24) is 5.32 Å². The Labute approximate surface area is 197 Å². The van der Waals surface area contributed by atoms with Gasteiger partial charge in [-0.1, -0.05) is 30.7 Å². The molecule has 33 heavy (non-hydrogen) atoms. The number of hydrogen-bond acceptors (Lipinski definition) is 5. The topological polar surface area (TPSA) is 109 Å². The summed E-state index contributed by atoms with van der Waals surface area (Å²) in [5.41, 5.74) is 0.820. The molecule has 1 heterocycles. The fraction of sp³-hybridized carbons (Fsp3) is 0.217. The van der Waals surface area contributed by atoms with E-state index in [1.807, 2.05) is 0 Å². The van der Waals surface area contributed by atoms with E-state index in [4.69, 9.17) is 16.0 Å². The average molecular weight is 490 g/mol. The maximum atomic E-state index is 13.2. The Morgan fingerprint density at radius 1 is 1.06 bits per heavy atom. The molecule has 2 N–H and O–H groups in total. The lowest BCUT2D eigenvalue weighted by atomic mass is 10.1. The van der Waals surface area contributed by atoms with Gasteiger partial charge in [0, 0.05) is 5.02 Å². The van der Waals surface area contributed by atoms with E-state index in [0.29, 0.717) is 16.5 Å². The number of rotatable bonds is 9. The van der Waals surface area contributed by atoms with E-state index in [2.05, 4.69) is 10.6 Å². The van der Waals surface area contributed by atoms with Crippen LogP contribution < -0.4 is 14.9 Å². The Balaban J connectivity index is 1.84. The van der Waals surface area contributed by atoms with E-state index in [1.165, 1.54) is 18.4 Å². The number of benzene rings is 2. The third-order valence-corrected chi connectivity index (χ3v) is 6.28. The van der Waals surface area contributed by atoms with Gasteiger partial charge in [0.25, 0.3) is 5.91 Å². The highest BCUT2D eigenvalue weighted by Crippen LogP contribution is 2.25. The minimum atomic E-state index is -3.80. The highest BCUT2D eigenvalue weighted by Gasteiger charge is 2.32. The van der Waals surface area contributed by atoms with E-state index in [0.717, 1.165) is 10.6 Å². The Morgan fingerprint density at radius 2 is 1.76 bits per heavy atom. The summed E-state index contributed by atoms with van der Waals surface area (Å²) in [6.07, 6.45) is 2.75. The van der Waals surface area contributed by atoms with Gasteiger partial charge in [-0.3, -0.25) is 13.9 Å². The Kier molecular flexibility index (Phi) is 7.78. The van der Waals surface area contributed by atoms with E-state index in [-0.39, 0.29) is 24.2 Å². The fourth-order valence-corrected chi connectivity index (χ4v) is 4.67. The molecule has 0 aliphatic carbocycles. The van der Waals surface area contributed by atoms with Gasteiger partial charge in [-0.05, 0) is 55.0 Å². The number of halogens is 1. The molecule has 2 aromatic carbocycles. The van der Waals surface area contributed by atoms with Gasteiger partial charge in [0.1, 0.15) is 11.8 Å². The van der Waals surface area contributed by atoms with Crippen molar-refractivity contribution in [2.24, 2.45) is 0 Å². The summed E-state index contributed by atoms with van der Waals surface area (Å²) in [5, 5.41) is 5.89. The van der Waals surface area contributed by atoms with Crippen LogP contribution in [0.2, 0.25) is 5.02 Å². The van der Waals surface area contributed by atoms with Crippen LogP contribution in [0.1, 0.15) is 29.5 Å².